The molecule has 110 valence electrons. The molecule has 0 aliphatic rings. The van der Waals surface area contributed by atoms with E-state index < -0.39 is 5.97 Å². The number of carbonyl (C=O) groups is 2. The molecule has 0 atom stereocenters. The zero-order chi connectivity index (χ0) is 15.3. The van der Waals surface area contributed by atoms with Crippen molar-refractivity contribution in [3.8, 4) is 0 Å². The molecular weight excluding hydrogens is 260 g/mol. The largest absolute Gasteiger partial charge is 0.464 e. The molecule has 0 saturated heterocycles. The molecule has 0 saturated carbocycles. The number of nitrogens with zero attached hydrogens (tertiary/aromatic N) is 2. The van der Waals surface area contributed by atoms with Crippen molar-refractivity contribution in [2.24, 2.45) is 0 Å². The van der Waals surface area contributed by atoms with Gasteiger partial charge >= 0.3 is 5.97 Å². The summed E-state index contributed by atoms with van der Waals surface area (Å²) in [4.78, 5) is 28.9. The van der Waals surface area contributed by atoms with Crippen LogP contribution in [0.4, 0.5) is 11.5 Å². The smallest absolute Gasteiger partial charge is 0.356 e. The van der Waals surface area contributed by atoms with Crippen molar-refractivity contribution < 1.29 is 14.3 Å². The van der Waals surface area contributed by atoms with E-state index in [1.165, 1.54) is 13.2 Å². The van der Waals surface area contributed by atoms with Crippen LogP contribution in [0, 0.1) is 0 Å². The van der Waals surface area contributed by atoms with Crippen LogP contribution in [0.1, 0.15) is 24.3 Å². The van der Waals surface area contributed by atoms with Crippen LogP contribution in [-0.2, 0) is 9.53 Å². The topological polar surface area (TPSA) is 97.5 Å². The van der Waals surface area contributed by atoms with Crippen molar-refractivity contribution in [3.05, 3.63) is 17.8 Å². The number of methoxy groups -OCH3 is 1. The molecule has 0 aliphatic carbocycles. The second kappa shape index (κ2) is 6.74. The van der Waals surface area contributed by atoms with E-state index in [1.54, 1.807) is 18.0 Å². The quantitative estimate of drug-likeness (QED) is 0.758. The number of ether oxygens (including phenoxy) is 1. The summed E-state index contributed by atoms with van der Waals surface area (Å²) in [6, 6.07) is 3.10. The minimum Gasteiger partial charge on any atom is -0.464 e. The van der Waals surface area contributed by atoms with E-state index in [0.717, 1.165) is 0 Å². The number of nitrogens with one attached hydrogen (secondary N) is 1. The maximum atomic E-state index is 11.7. The van der Waals surface area contributed by atoms with E-state index in [2.05, 4.69) is 15.0 Å². The van der Waals surface area contributed by atoms with Gasteiger partial charge in [-0.25, -0.2) is 9.78 Å². The minimum absolute atomic E-state index is 0.0580. The van der Waals surface area contributed by atoms with Crippen molar-refractivity contribution in [3.63, 3.8) is 0 Å². The molecule has 1 aromatic rings. The number of likely N-dealkylation sites (N-methyl/N-ethyl adjacent to an activating group) is 1. The van der Waals surface area contributed by atoms with Gasteiger partial charge in [0.05, 0.1) is 19.3 Å². The molecular formula is C13H20N4O3. The summed E-state index contributed by atoms with van der Waals surface area (Å²) >= 11 is 0. The second-order valence-electron chi connectivity index (χ2n) is 4.68. The van der Waals surface area contributed by atoms with Crippen molar-refractivity contribution in [2.45, 2.75) is 19.9 Å². The van der Waals surface area contributed by atoms with Crippen LogP contribution in [0.25, 0.3) is 0 Å². The maximum Gasteiger partial charge on any atom is 0.356 e. The van der Waals surface area contributed by atoms with E-state index in [0.29, 0.717) is 11.5 Å². The highest BCUT2D eigenvalue weighted by atomic mass is 16.5. The molecule has 3 N–H and O–H groups in total. The molecule has 7 nitrogen and oxygen atoms in total. The fourth-order valence-electron chi connectivity index (χ4n) is 1.64. The molecule has 0 spiro atoms. The van der Waals surface area contributed by atoms with Crippen molar-refractivity contribution >= 4 is 23.4 Å². The summed E-state index contributed by atoms with van der Waals surface area (Å²) in [7, 11) is 2.96. The lowest BCUT2D eigenvalue weighted by molar-refractivity contribution is -0.120. The Morgan fingerprint density at radius 2 is 2.10 bits per heavy atom. The summed E-state index contributed by atoms with van der Waals surface area (Å²) in [5, 5.41) is 2.77. The van der Waals surface area contributed by atoms with Gasteiger partial charge in [-0.1, -0.05) is 0 Å². The summed E-state index contributed by atoms with van der Waals surface area (Å²) in [6.45, 7) is 3.85. The lowest BCUT2D eigenvalue weighted by Crippen LogP contribution is -2.39. The Morgan fingerprint density at radius 1 is 1.45 bits per heavy atom. The fourth-order valence-corrected chi connectivity index (χ4v) is 1.64. The van der Waals surface area contributed by atoms with E-state index in [4.69, 9.17) is 5.73 Å². The van der Waals surface area contributed by atoms with Gasteiger partial charge in [0.15, 0.2) is 11.5 Å². The molecule has 7 heteroatoms. The Kier molecular flexibility index (Phi) is 5.31. The van der Waals surface area contributed by atoms with Crippen molar-refractivity contribution in [1.29, 1.82) is 0 Å². The number of rotatable bonds is 5. The molecule has 1 rings (SSSR count). The zero-order valence-corrected chi connectivity index (χ0v) is 12.1. The van der Waals surface area contributed by atoms with E-state index in [-0.39, 0.29) is 24.2 Å². The summed E-state index contributed by atoms with van der Waals surface area (Å²) in [5.41, 5.74) is 6.35. The number of nitrogens with two attached hydrogens (primary N) is 1. The summed E-state index contributed by atoms with van der Waals surface area (Å²) in [6.07, 6.45) is 0. The molecule has 0 unspecified atom stereocenters. The SMILES string of the molecule is COC(=O)c1ccc(N)c(N(C)CC(=O)NC(C)C)n1. The van der Waals surface area contributed by atoms with Gasteiger partial charge in [-0.2, -0.15) is 0 Å². The van der Waals surface area contributed by atoms with Gasteiger partial charge in [0, 0.05) is 13.1 Å². The highest BCUT2D eigenvalue weighted by molar-refractivity contribution is 5.89. The van der Waals surface area contributed by atoms with E-state index in [9.17, 15) is 9.59 Å². The van der Waals surface area contributed by atoms with Crippen LogP contribution < -0.4 is 16.0 Å². The number of amides is 1. The van der Waals surface area contributed by atoms with Gasteiger partial charge in [-0.05, 0) is 26.0 Å². The number of carbonyl (C=O) groups excluding carboxylic acids is 2. The Labute approximate surface area is 118 Å². The third-order valence-corrected chi connectivity index (χ3v) is 2.49. The molecule has 20 heavy (non-hydrogen) atoms. The third-order valence-electron chi connectivity index (χ3n) is 2.49. The average Bonchev–Trinajstić information content (AvgIpc) is 2.37. The van der Waals surface area contributed by atoms with Crippen LogP contribution in [-0.4, -0.2) is 43.6 Å². The van der Waals surface area contributed by atoms with Crippen LogP contribution >= 0.6 is 0 Å². The molecule has 1 heterocycles. The second-order valence-corrected chi connectivity index (χ2v) is 4.68. The minimum atomic E-state index is -0.550. The Hall–Kier alpha value is -2.31. The lowest BCUT2D eigenvalue weighted by atomic mass is 10.3. The normalized spacial score (nSPS) is 10.2. The lowest BCUT2D eigenvalue weighted by Gasteiger charge is -2.20. The Balaban J connectivity index is 2.89. The van der Waals surface area contributed by atoms with Gasteiger partial charge < -0.3 is 20.7 Å². The van der Waals surface area contributed by atoms with Crippen molar-refractivity contribution in [2.75, 3.05) is 31.3 Å². The van der Waals surface area contributed by atoms with Gasteiger partial charge in [0.25, 0.3) is 0 Å². The van der Waals surface area contributed by atoms with Crippen molar-refractivity contribution in [1.82, 2.24) is 10.3 Å². The van der Waals surface area contributed by atoms with Gasteiger partial charge in [0.1, 0.15) is 0 Å². The first-order valence-corrected chi connectivity index (χ1v) is 6.20. The first-order valence-electron chi connectivity index (χ1n) is 6.20. The highest BCUT2D eigenvalue weighted by Crippen LogP contribution is 2.19. The Morgan fingerprint density at radius 3 is 2.65 bits per heavy atom. The standard InChI is InChI=1S/C13H20N4O3/c1-8(2)15-11(18)7-17(3)12-9(14)5-6-10(16-12)13(19)20-4/h5-6,8H,7,14H2,1-4H3,(H,15,18). The number of esters is 1. The summed E-state index contributed by atoms with van der Waals surface area (Å²) in [5.74, 6) is -0.328. The van der Waals surface area contributed by atoms with Gasteiger partial charge in [0.2, 0.25) is 5.91 Å². The number of anilines is 2. The Bertz CT molecular complexity index is 502. The number of nitrogen functional groups attached to an aromatic ring is 1. The zero-order valence-electron chi connectivity index (χ0n) is 12.1. The molecule has 0 aromatic carbocycles. The monoisotopic (exact) mass is 280 g/mol. The summed E-state index contributed by atoms with van der Waals surface area (Å²) < 4.78 is 4.60. The molecule has 0 fully saturated rings. The molecule has 1 aromatic heterocycles. The molecule has 0 bridgehead atoms. The number of aromatic nitrogens is 1. The highest BCUT2D eigenvalue weighted by Gasteiger charge is 2.15. The van der Waals surface area contributed by atoms with Gasteiger partial charge in [-0.3, -0.25) is 4.79 Å². The predicted octanol–water partition coefficient (Wildman–Crippen LogP) is 0.411. The van der Waals surface area contributed by atoms with E-state index >= 15 is 0 Å². The van der Waals surface area contributed by atoms with Gasteiger partial charge in [-0.15, -0.1) is 0 Å². The predicted molar refractivity (Wildman–Crippen MR) is 76.5 cm³/mol. The molecule has 0 radical (unpaired) electrons. The number of hydrogen-bond acceptors (Lipinski definition) is 6. The maximum absolute atomic E-state index is 11.7. The van der Waals surface area contributed by atoms with Crippen LogP contribution in [0.5, 0.6) is 0 Å². The number of pyridine rings is 1. The first kappa shape index (κ1) is 15.7. The third kappa shape index (κ3) is 4.11. The van der Waals surface area contributed by atoms with E-state index in [1.807, 2.05) is 13.8 Å². The first-order chi connectivity index (χ1) is 9.35. The van der Waals surface area contributed by atoms with Crippen LogP contribution in [0.2, 0.25) is 0 Å². The molecule has 0 aliphatic heterocycles. The van der Waals surface area contributed by atoms with Crippen LogP contribution in [0.3, 0.4) is 0 Å². The average molecular weight is 280 g/mol. The molecule has 1 amide bonds. The van der Waals surface area contributed by atoms with Crippen LogP contribution in [0.15, 0.2) is 12.1 Å². The fraction of sp³-hybridized carbons (Fsp3) is 0.462. The number of hydrogen-bond donors (Lipinski definition) is 2.